The molecule has 0 spiro atoms. The number of imidazole rings is 1. The summed E-state index contributed by atoms with van der Waals surface area (Å²) in [6, 6.07) is 9.47. The highest BCUT2D eigenvalue weighted by Gasteiger charge is 2.21. The molecule has 24 heavy (non-hydrogen) atoms. The van der Waals surface area contributed by atoms with Gasteiger partial charge >= 0.3 is 0 Å². The summed E-state index contributed by atoms with van der Waals surface area (Å²) in [5.74, 6) is 3.56. The van der Waals surface area contributed by atoms with Gasteiger partial charge in [-0.05, 0) is 18.2 Å². The van der Waals surface area contributed by atoms with Crippen molar-refractivity contribution in [3.8, 4) is 34.4 Å². The highest BCUT2D eigenvalue weighted by atomic mass is 16.7. The largest absolute Gasteiger partial charge is 0.454 e. The minimum Gasteiger partial charge on any atom is -0.454 e. The Morgan fingerprint density at radius 1 is 0.917 bits per heavy atom. The monoisotopic (exact) mass is 326 g/mol. The molecule has 0 amide bonds. The summed E-state index contributed by atoms with van der Waals surface area (Å²) < 4.78 is 23.7. The molecule has 0 saturated heterocycles. The summed E-state index contributed by atoms with van der Waals surface area (Å²) >= 11 is 0. The van der Waals surface area contributed by atoms with Gasteiger partial charge in [0.05, 0.1) is 17.6 Å². The van der Waals surface area contributed by atoms with Gasteiger partial charge in [-0.15, -0.1) is 0 Å². The van der Waals surface area contributed by atoms with E-state index >= 15 is 0 Å². The standard InChI is InChI=1S/C17H14N2O5/c20-4-3-19-12-7-16-15(23-9-24-16)6-11(12)18-17(19)10-1-2-13-14(5-10)22-8-21-13/h1-2,5-7,20H,3-4,8-9H2. The molecular weight excluding hydrogens is 312 g/mol. The summed E-state index contributed by atoms with van der Waals surface area (Å²) in [6.07, 6.45) is 0. The Kier molecular flexibility index (Phi) is 2.83. The Labute approximate surface area is 137 Å². The Morgan fingerprint density at radius 2 is 1.62 bits per heavy atom. The first kappa shape index (κ1) is 13.5. The van der Waals surface area contributed by atoms with Crippen molar-refractivity contribution in [1.29, 1.82) is 0 Å². The highest BCUT2D eigenvalue weighted by molar-refractivity contribution is 5.84. The van der Waals surface area contributed by atoms with Crippen molar-refractivity contribution in [2.75, 3.05) is 20.2 Å². The van der Waals surface area contributed by atoms with Crippen LogP contribution in [0.1, 0.15) is 0 Å². The molecule has 3 heterocycles. The van der Waals surface area contributed by atoms with E-state index in [0.29, 0.717) is 23.8 Å². The molecule has 5 rings (SSSR count). The minimum absolute atomic E-state index is 0.0114. The van der Waals surface area contributed by atoms with Crippen LogP contribution in [0.15, 0.2) is 30.3 Å². The average molecular weight is 326 g/mol. The molecule has 0 atom stereocenters. The molecule has 1 aromatic heterocycles. The molecular formula is C17H14N2O5. The number of ether oxygens (including phenoxy) is 4. The van der Waals surface area contributed by atoms with Crippen LogP contribution in [-0.2, 0) is 6.54 Å². The fraction of sp³-hybridized carbons (Fsp3) is 0.235. The zero-order valence-corrected chi connectivity index (χ0v) is 12.7. The number of nitrogens with zero attached hydrogens (tertiary/aromatic N) is 2. The first-order chi connectivity index (χ1) is 11.8. The lowest BCUT2D eigenvalue weighted by Gasteiger charge is -2.08. The smallest absolute Gasteiger partial charge is 0.231 e. The molecule has 0 unspecified atom stereocenters. The lowest BCUT2D eigenvalue weighted by atomic mass is 10.2. The van der Waals surface area contributed by atoms with Crippen LogP contribution in [0, 0.1) is 0 Å². The third-order valence-electron chi connectivity index (χ3n) is 4.20. The lowest BCUT2D eigenvalue weighted by Crippen LogP contribution is -2.04. The van der Waals surface area contributed by atoms with Crippen molar-refractivity contribution in [3.05, 3.63) is 30.3 Å². The summed E-state index contributed by atoms with van der Waals surface area (Å²) in [4.78, 5) is 4.72. The molecule has 7 nitrogen and oxygen atoms in total. The molecule has 0 saturated carbocycles. The average Bonchev–Trinajstić information content (AvgIpc) is 3.30. The molecule has 1 N–H and O–H groups in total. The molecule has 0 aliphatic carbocycles. The third-order valence-corrected chi connectivity index (χ3v) is 4.20. The van der Waals surface area contributed by atoms with Gasteiger partial charge in [-0.25, -0.2) is 4.98 Å². The number of hydrogen-bond acceptors (Lipinski definition) is 6. The van der Waals surface area contributed by atoms with Crippen LogP contribution >= 0.6 is 0 Å². The maximum Gasteiger partial charge on any atom is 0.231 e. The predicted molar refractivity (Wildman–Crippen MR) is 84.5 cm³/mol. The lowest BCUT2D eigenvalue weighted by molar-refractivity contribution is 0.173. The first-order valence-electron chi connectivity index (χ1n) is 7.64. The fourth-order valence-electron chi connectivity index (χ4n) is 3.10. The second-order valence-electron chi connectivity index (χ2n) is 5.57. The van der Waals surface area contributed by atoms with E-state index in [-0.39, 0.29) is 20.2 Å². The molecule has 0 bridgehead atoms. The van der Waals surface area contributed by atoms with Gasteiger partial charge in [0, 0.05) is 24.2 Å². The van der Waals surface area contributed by atoms with Gasteiger partial charge in [0.15, 0.2) is 23.0 Å². The maximum atomic E-state index is 9.47. The van der Waals surface area contributed by atoms with Gasteiger partial charge in [0.1, 0.15) is 5.82 Å². The van der Waals surface area contributed by atoms with E-state index in [4.69, 9.17) is 23.9 Å². The van der Waals surface area contributed by atoms with Crippen LogP contribution in [0.3, 0.4) is 0 Å². The number of fused-ring (bicyclic) bond motifs is 3. The third kappa shape index (κ3) is 1.91. The summed E-state index contributed by atoms with van der Waals surface area (Å²) in [6.45, 7) is 0.890. The van der Waals surface area contributed by atoms with Crippen molar-refractivity contribution < 1.29 is 24.1 Å². The van der Waals surface area contributed by atoms with E-state index in [2.05, 4.69) is 0 Å². The van der Waals surface area contributed by atoms with E-state index < -0.39 is 0 Å². The van der Waals surface area contributed by atoms with E-state index in [1.165, 1.54) is 0 Å². The summed E-state index contributed by atoms with van der Waals surface area (Å²) in [5, 5.41) is 9.47. The number of aliphatic hydroxyl groups is 1. The topological polar surface area (TPSA) is 75.0 Å². The van der Waals surface area contributed by atoms with Gasteiger partial charge < -0.3 is 28.6 Å². The van der Waals surface area contributed by atoms with Crippen molar-refractivity contribution in [3.63, 3.8) is 0 Å². The molecule has 2 aliphatic heterocycles. The van der Waals surface area contributed by atoms with Crippen molar-refractivity contribution >= 4 is 11.0 Å². The highest BCUT2D eigenvalue weighted by Crippen LogP contribution is 2.39. The minimum atomic E-state index is 0.0114. The quantitative estimate of drug-likeness (QED) is 0.795. The number of hydrogen-bond donors (Lipinski definition) is 1. The van der Waals surface area contributed by atoms with Crippen LogP contribution in [0.2, 0.25) is 0 Å². The number of rotatable bonds is 3. The Hall–Kier alpha value is -2.93. The van der Waals surface area contributed by atoms with Gasteiger partial charge in [-0.1, -0.05) is 0 Å². The van der Waals surface area contributed by atoms with E-state index in [1.807, 2.05) is 34.9 Å². The van der Waals surface area contributed by atoms with Crippen molar-refractivity contribution in [2.24, 2.45) is 0 Å². The Balaban J connectivity index is 1.71. The molecule has 2 aliphatic rings. The van der Waals surface area contributed by atoms with Crippen LogP contribution in [0.5, 0.6) is 23.0 Å². The van der Waals surface area contributed by atoms with Gasteiger partial charge in [-0.3, -0.25) is 0 Å². The normalized spacial score (nSPS) is 14.5. The fourth-order valence-corrected chi connectivity index (χ4v) is 3.10. The number of benzene rings is 2. The first-order valence-corrected chi connectivity index (χ1v) is 7.64. The molecule has 0 fully saturated rings. The molecule has 7 heteroatoms. The number of aromatic nitrogens is 2. The Bertz CT molecular complexity index is 950. The zero-order valence-electron chi connectivity index (χ0n) is 12.7. The summed E-state index contributed by atoms with van der Waals surface area (Å²) in [5.41, 5.74) is 2.58. The van der Waals surface area contributed by atoms with Crippen LogP contribution in [0.25, 0.3) is 22.4 Å². The second-order valence-corrected chi connectivity index (χ2v) is 5.57. The molecule has 122 valence electrons. The van der Waals surface area contributed by atoms with Gasteiger partial charge in [0.2, 0.25) is 13.6 Å². The second kappa shape index (κ2) is 5.04. The maximum absolute atomic E-state index is 9.47. The SMILES string of the molecule is OCCn1c(-c2ccc3c(c2)OCO3)nc2cc3c(cc21)OCO3. The van der Waals surface area contributed by atoms with Crippen LogP contribution in [-0.4, -0.2) is 34.9 Å². The van der Waals surface area contributed by atoms with E-state index in [0.717, 1.165) is 28.2 Å². The molecule has 3 aromatic rings. The molecule has 0 radical (unpaired) electrons. The van der Waals surface area contributed by atoms with Crippen molar-refractivity contribution in [2.45, 2.75) is 6.54 Å². The number of aliphatic hydroxyl groups excluding tert-OH is 1. The van der Waals surface area contributed by atoms with Gasteiger partial charge in [-0.2, -0.15) is 0 Å². The van der Waals surface area contributed by atoms with Crippen LogP contribution < -0.4 is 18.9 Å². The predicted octanol–water partition coefficient (Wildman–Crippen LogP) is 2.15. The van der Waals surface area contributed by atoms with E-state index in [1.54, 1.807) is 0 Å². The zero-order chi connectivity index (χ0) is 16.1. The van der Waals surface area contributed by atoms with Gasteiger partial charge in [0.25, 0.3) is 0 Å². The molecule has 2 aromatic carbocycles. The summed E-state index contributed by atoms with van der Waals surface area (Å²) in [7, 11) is 0. The Morgan fingerprint density at radius 3 is 2.42 bits per heavy atom. The van der Waals surface area contributed by atoms with Crippen LogP contribution in [0.4, 0.5) is 0 Å². The van der Waals surface area contributed by atoms with E-state index in [9.17, 15) is 5.11 Å². The van der Waals surface area contributed by atoms with Crippen molar-refractivity contribution in [1.82, 2.24) is 9.55 Å².